The number of carbonyl (C=O) groups is 3. The topological polar surface area (TPSA) is 122 Å². The number of piperidine rings is 1. The highest BCUT2D eigenvalue weighted by Gasteiger charge is 2.36. The van der Waals surface area contributed by atoms with Crippen molar-refractivity contribution in [3.63, 3.8) is 0 Å². The van der Waals surface area contributed by atoms with Crippen LogP contribution in [0, 0.1) is 6.92 Å². The highest BCUT2D eigenvalue weighted by Crippen LogP contribution is 2.46. The van der Waals surface area contributed by atoms with Crippen LogP contribution in [-0.2, 0) is 9.47 Å². The van der Waals surface area contributed by atoms with Crippen molar-refractivity contribution in [1.29, 1.82) is 0 Å². The Morgan fingerprint density at radius 1 is 1.04 bits per heavy atom. The summed E-state index contributed by atoms with van der Waals surface area (Å²) in [5.41, 5.74) is 1.91. The van der Waals surface area contributed by atoms with Crippen LogP contribution in [0.4, 0.5) is 26.7 Å². The van der Waals surface area contributed by atoms with Crippen LogP contribution in [0.5, 0.6) is 11.5 Å². The lowest BCUT2D eigenvalue weighted by Gasteiger charge is -2.38. The fourth-order valence-electron chi connectivity index (χ4n) is 5.61. The number of benzene rings is 2. The number of aromatic nitrogens is 1. The number of likely N-dealkylation sites (tertiary alicyclic amines) is 1. The summed E-state index contributed by atoms with van der Waals surface area (Å²) in [4.78, 5) is 48.8. The molecule has 0 saturated carbocycles. The normalized spacial score (nSPS) is 18.0. The summed E-state index contributed by atoms with van der Waals surface area (Å²) in [6.45, 7) is 7.98. The number of urea groups is 1. The third kappa shape index (κ3) is 6.29. The lowest BCUT2D eigenvalue weighted by atomic mass is 10.0. The van der Waals surface area contributed by atoms with Crippen LogP contribution in [0.1, 0.15) is 42.4 Å². The van der Waals surface area contributed by atoms with Crippen molar-refractivity contribution in [1.82, 2.24) is 15.2 Å². The number of ether oxygens (including phenoxy) is 3. The molecule has 6 rings (SSSR count). The number of para-hydroxylation sites is 1. The van der Waals surface area contributed by atoms with E-state index in [2.05, 4.69) is 15.6 Å². The number of rotatable bonds is 6. The van der Waals surface area contributed by atoms with Crippen LogP contribution < -0.4 is 20.3 Å². The average molecular weight is 630 g/mol. The van der Waals surface area contributed by atoms with Crippen molar-refractivity contribution < 1.29 is 28.6 Å². The minimum absolute atomic E-state index is 0.271. The molecule has 0 unspecified atom stereocenters. The standard InChI is InChI=1S/C33H35N5O6S/c1-19-15-22(43-21-9-7-6-8-10-21)11-12-24(19)38-25-13-14-34-30-26(25)27(36-31(38)40)28(45-30)29(39)35-20-16-23(42-5)18-37(17-20)32(41)44-33(2,3)4/h6-15,20,23H,16-18H2,1-5H3,(H,35,39)(H,36,40)/t20-,23-/m1/s1. The Morgan fingerprint density at radius 2 is 1.82 bits per heavy atom. The number of carbonyl (C=O) groups excluding carboxylic acids is 3. The fourth-order valence-corrected chi connectivity index (χ4v) is 6.63. The largest absolute Gasteiger partial charge is 0.457 e. The maximum Gasteiger partial charge on any atom is 0.410 e. The first-order valence-electron chi connectivity index (χ1n) is 14.7. The average Bonchev–Trinajstić information content (AvgIpc) is 3.37. The van der Waals surface area contributed by atoms with Crippen LogP contribution in [-0.4, -0.2) is 65.9 Å². The zero-order valence-corrected chi connectivity index (χ0v) is 26.6. The van der Waals surface area contributed by atoms with E-state index in [4.69, 9.17) is 14.2 Å². The summed E-state index contributed by atoms with van der Waals surface area (Å²) < 4.78 is 17.1. The highest BCUT2D eigenvalue weighted by atomic mass is 32.1. The molecular weight excluding hydrogens is 594 g/mol. The van der Waals surface area contributed by atoms with Crippen molar-refractivity contribution >= 4 is 56.6 Å². The quantitative estimate of drug-likeness (QED) is 0.240. The molecule has 2 aromatic carbocycles. The van der Waals surface area contributed by atoms with Gasteiger partial charge in [-0.3, -0.25) is 9.69 Å². The van der Waals surface area contributed by atoms with E-state index in [1.165, 1.54) is 11.3 Å². The Labute approximate surface area is 265 Å². The molecule has 2 aliphatic heterocycles. The monoisotopic (exact) mass is 629 g/mol. The van der Waals surface area contributed by atoms with Gasteiger partial charge in [-0.15, -0.1) is 11.3 Å². The zero-order valence-electron chi connectivity index (χ0n) is 25.7. The van der Waals surface area contributed by atoms with Crippen molar-refractivity contribution in [3.05, 3.63) is 71.2 Å². The first-order chi connectivity index (χ1) is 21.5. The Bertz CT molecular complexity index is 1770. The van der Waals surface area contributed by atoms with Gasteiger partial charge in [0.2, 0.25) is 0 Å². The molecule has 1 fully saturated rings. The summed E-state index contributed by atoms with van der Waals surface area (Å²) in [5, 5.41) is 6.69. The van der Waals surface area contributed by atoms with Gasteiger partial charge in [0.05, 0.1) is 35.1 Å². The van der Waals surface area contributed by atoms with E-state index in [9.17, 15) is 14.4 Å². The SMILES string of the molecule is CO[C@@H]1C[C@@H](NC(=O)c2sc3nccc4c3c2NC(=O)N4c2ccc(Oc3ccccc3)cc2C)CN(C(=O)OC(C)(C)C)C1. The molecule has 1 saturated heterocycles. The number of methoxy groups -OCH3 is 1. The van der Waals surface area contributed by atoms with Crippen molar-refractivity contribution in [2.45, 2.75) is 51.9 Å². The van der Waals surface area contributed by atoms with Crippen molar-refractivity contribution in [2.75, 3.05) is 30.4 Å². The van der Waals surface area contributed by atoms with E-state index in [-0.39, 0.29) is 24.6 Å². The number of pyridine rings is 1. The lowest BCUT2D eigenvalue weighted by molar-refractivity contribution is -0.0132. The second-order valence-corrected chi connectivity index (χ2v) is 13.1. The smallest absolute Gasteiger partial charge is 0.410 e. The van der Waals surface area contributed by atoms with Crippen molar-refractivity contribution in [2.24, 2.45) is 0 Å². The van der Waals surface area contributed by atoms with Crippen molar-refractivity contribution in [3.8, 4) is 11.5 Å². The molecule has 0 spiro atoms. The van der Waals surface area contributed by atoms with Gasteiger partial charge in [0, 0.05) is 25.9 Å². The summed E-state index contributed by atoms with van der Waals surface area (Å²) in [5.74, 6) is 1.00. The first kappa shape index (κ1) is 30.4. The minimum atomic E-state index is -0.650. The Morgan fingerprint density at radius 3 is 2.53 bits per heavy atom. The molecular formula is C33H35N5O6S. The third-order valence-corrected chi connectivity index (χ3v) is 8.67. The van der Waals surface area contributed by atoms with Gasteiger partial charge in [0.1, 0.15) is 26.8 Å². The molecule has 4 aromatic rings. The maximum atomic E-state index is 13.7. The maximum absolute atomic E-state index is 13.7. The van der Waals surface area contributed by atoms with Gasteiger partial charge in [0.15, 0.2) is 0 Å². The van der Waals surface area contributed by atoms with E-state index in [1.807, 2.05) is 76.2 Å². The number of hydrogen-bond donors (Lipinski definition) is 2. The van der Waals surface area contributed by atoms with E-state index < -0.39 is 17.7 Å². The molecule has 0 aliphatic carbocycles. The number of anilines is 3. The molecule has 2 aliphatic rings. The van der Waals surface area contributed by atoms with Gasteiger partial charge in [-0.25, -0.2) is 14.6 Å². The van der Waals surface area contributed by atoms with Gasteiger partial charge < -0.3 is 29.7 Å². The molecule has 11 nitrogen and oxygen atoms in total. The van der Waals surface area contributed by atoms with Crippen LogP contribution in [0.15, 0.2) is 60.8 Å². The summed E-state index contributed by atoms with van der Waals surface area (Å²) >= 11 is 1.21. The van der Waals surface area contributed by atoms with Gasteiger partial charge in [-0.1, -0.05) is 18.2 Å². The van der Waals surface area contributed by atoms with E-state index in [0.29, 0.717) is 56.6 Å². The molecule has 45 heavy (non-hydrogen) atoms. The second-order valence-electron chi connectivity index (χ2n) is 12.1. The number of aryl methyl sites for hydroxylation is 1. The van der Waals surface area contributed by atoms with Gasteiger partial charge in [0.25, 0.3) is 5.91 Å². The first-order valence-corrected chi connectivity index (χ1v) is 15.5. The fraction of sp³-hybridized carbons (Fsp3) is 0.333. The Hall–Kier alpha value is -4.68. The van der Waals surface area contributed by atoms with E-state index >= 15 is 0 Å². The summed E-state index contributed by atoms with van der Waals surface area (Å²) in [6, 6.07) is 16.0. The highest BCUT2D eigenvalue weighted by molar-refractivity contribution is 7.21. The molecule has 2 N–H and O–H groups in total. The number of nitrogens with zero attached hydrogens (tertiary/aromatic N) is 3. The van der Waals surface area contributed by atoms with Crippen LogP contribution >= 0.6 is 11.3 Å². The van der Waals surface area contributed by atoms with Gasteiger partial charge in [-0.2, -0.15) is 0 Å². The van der Waals surface area contributed by atoms with Gasteiger partial charge in [-0.05, 0) is 76.1 Å². The number of hydrogen-bond acceptors (Lipinski definition) is 8. The summed E-state index contributed by atoms with van der Waals surface area (Å²) in [7, 11) is 1.58. The Kier molecular flexibility index (Phi) is 8.10. The molecule has 4 heterocycles. The predicted molar refractivity (Wildman–Crippen MR) is 173 cm³/mol. The molecule has 0 bridgehead atoms. The third-order valence-electron chi connectivity index (χ3n) is 7.57. The van der Waals surface area contributed by atoms with E-state index in [0.717, 1.165) is 5.56 Å². The number of thiophene rings is 1. The molecule has 0 radical (unpaired) electrons. The minimum Gasteiger partial charge on any atom is -0.457 e. The molecule has 2 atom stereocenters. The van der Waals surface area contributed by atoms with Crippen LogP contribution in [0.3, 0.4) is 0 Å². The molecule has 4 amide bonds. The number of amides is 4. The van der Waals surface area contributed by atoms with Gasteiger partial charge >= 0.3 is 12.1 Å². The van der Waals surface area contributed by atoms with E-state index in [1.54, 1.807) is 29.2 Å². The predicted octanol–water partition coefficient (Wildman–Crippen LogP) is 6.83. The van der Waals surface area contributed by atoms with Crippen LogP contribution in [0.25, 0.3) is 10.2 Å². The van der Waals surface area contributed by atoms with Crippen LogP contribution in [0.2, 0.25) is 0 Å². The second kappa shape index (κ2) is 12.0. The Balaban J connectivity index is 1.26. The number of nitrogens with one attached hydrogen (secondary N) is 2. The molecule has 234 valence electrons. The lowest BCUT2D eigenvalue weighted by Crippen LogP contribution is -2.55. The summed E-state index contributed by atoms with van der Waals surface area (Å²) in [6.07, 6.45) is 1.42. The molecule has 12 heteroatoms. The molecule has 2 aromatic heterocycles. The zero-order chi connectivity index (χ0) is 31.9.